The number of ether oxygens (including phenoxy) is 1. The molecule has 1 aromatic carbocycles. The van der Waals surface area contributed by atoms with E-state index in [1.807, 2.05) is 56.3 Å². The van der Waals surface area contributed by atoms with Crippen molar-refractivity contribution in [2.24, 2.45) is 16.8 Å². The van der Waals surface area contributed by atoms with Gasteiger partial charge in [0, 0.05) is 5.75 Å². The third-order valence-corrected chi connectivity index (χ3v) is 4.05. The average Bonchev–Trinajstić information content (AvgIpc) is 2.57. The fraction of sp³-hybridized carbons (Fsp3) is 0.294. The molecular weight excluding hydrogens is 310 g/mol. The lowest BCUT2D eigenvalue weighted by atomic mass is 10.1. The van der Waals surface area contributed by atoms with Crippen LogP contribution in [0, 0.1) is 5.92 Å². The van der Waals surface area contributed by atoms with Gasteiger partial charge in [-0.05, 0) is 32.1 Å². The molecule has 0 aromatic heterocycles. The van der Waals surface area contributed by atoms with E-state index < -0.39 is 5.92 Å². The molecule has 0 saturated heterocycles. The quantitative estimate of drug-likeness (QED) is 0.811. The Bertz CT molecular complexity index is 626. The SMILES string of the molecule is CC=CCSC(=O)C1C=C(OCC)N(c2ccccc2)N=C1N. The van der Waals surface area contributed by atoms with Crippen LogP contribution in [0.3, 0.4) is 0 Å². The molecule has 0 bridgehead atoms. The summed E-state index contributed by atoms with van der Waals surface area (Å²) >= 11 is 1.22. The molecule has 2 N–H and O–H groups in total. The number of rotatable bonds is 6. The van der Waals surface area contributed by atoms with Crippen LogP contribution in [-0.2, 0) is 9.53 Å². The van der Waals surface area contributed by atoms with Crippen LogP contribution < -0.4 is 10.7 Å². The van der Waals surface area contributed by atoms with Gasteiger partial charge in [0.2, 0.25) is 11.0 Å². The first-order chi connectivity index (χ1) is 11.2. The van der Waals surface area contributed by atoms with E-state index in [-0.39, 0.29) is 11.0 Å². The second-order valence-electron chi connectivity index (χ2n) is 4.79. The van der Waals surface area contributed by atoms with Gasteiger partial charge in [0.05, 0.1) is 12.3 Å². The van der Waals surface area contributed by atoms with Gasteiger partial charge in [-0.1, -0.05) is 42.1 Å². The summed E-state index contributed by atoms with van der Waals surface area (Å²) in [6, 6.07) is 9.57. The number of thioether (sulfide) groups is 1. The molecule has 1 unspecified atom stereocenters. The Morgan fingerprint density at radius 2 is 2.17 bits per heavy atom. The highest BCUT2D eigenvalue weighted by atomic mass is 32.2. The summed E-state index contributed by atoms with van der Waals surface area (Å²) in [6.07, 6.45) is 5.59. The lowest BCUT2D eigenvalue weighted by molar-refractivity contribution is -0.111. The minimum absolute atomic E-state index is 0.0331. The molecule has 0 spiro atoms. The molecule has 1 atom stereocenters. The van der Waals surface area contributed by atoms with E-state index in [1.54, 1.807) is 11.1 Å². The van der Waals surface area contributed by atoms with Crippen molar-refractivity contribution in [3.05, 3.63) is 54.4 Å². The summed E-state index contributed by atoms with van der Waals surface area (Å²) < 4.78 is 5.65. The molecule has 0 saturated carbocycles. The Kier molecular flexibility index (Phi) is 6.29. The minimum Gasteiger partial charge on any atom is -0.478 e. The van der Waals surface area contributed by atoms with Crippen molar-refractivity contribution >= 4 is 28.4 Å². The number of allylic oxidation sites excluding steroid dienone is 1. The van der Waals surface area contributed by atoms with Crippen molar-refractivity contribution in [1.29, 1.82) is 0 Å². The van der Waals surface area contributed by atoms with Crippen LogP contribution in [0.5, 0.6) is 0 Å². The van der Waals surface area contributed by atoms with E-state index in [0.717, 1.165) is 5.69 Å². The summed E-state index contributed by atoms with van der Waals surface area (Å²) in [7, 11) is 0. The zero-order chi connectivity index (χ0) is 16.7. The number of hydrogen-bond acceptors (Lipinski definition) is 6. The Labute approximate surface area is 140 Å². The van der Waals surface area contributed by atoms with Crippen molar-refractivity contribution in [3.63, 3.8) is 0 Å². The topological polar surface area (TPSA) is 67.9 Å². The molecule has 1 aliphatic heterocycles. The number of anilines is 1. The van der Waals surface area contributed by atoms with E-state index in [0.29, 0.717) is 18.2 Å². The van der Waals surface area contributed by atoms with Gasteiger partial charge in [-0.2, -0.15) is 10.1 Å². The second kappa shape index (κ2) is 8.43. The molecular formula is C17H21N3O2S. The van der Waals surface area contributed by atoms with Crippen LogP contribution in [0.25, 0.3) is 0 Å². The Balaban J connectivity index is 2.23. The van der Waals surface area contributed by atoms with Gasteiger partial charge in [-0.15, -0.1) is 0 Å². The molecule has 0 amide bonds. The molecule has 0 fully saturated rings. The van der Waals surface area contributed by atoms with Gasteiger partial charge >= 0.3 is 0 Å². The van der Waals surface area contributed by atoms with Crippen LogP contribution in [0.15, 0.2) is 59.5 Å². The number of hydrazone groups is 1. The molecule has 5 nitrogen and oxygen atoms in total. The average molecular weight is 331 g/mol. The zero-order valence-corrected chi connectivity index (χ0v) is 14.1. The van der Waals surface area contributed by atoms with E-state index in [4.69, 9.17) is 10.5 Å². The summed E-state index contributed by atoms with van der Waals surface area (Å²) in [6.45, 7) is 4.30. The summed E-state index contributed by atoms with van der Waals surface area (Å²) in [5.74, 6) is 0.860. The van der Waals surface area contributed by atoms with Gasteiger partial charge in [-0.25, -0.2) is 0 Å². The Hall–Kier alpha value is -2.21. The zero-order valence-electron chi connectivity index (χ0n) is 13.3. The second-order valence-corrected chi connectivity index (χ2v) is 5.81. The van der Waals surface area contributed by atoms with Crippen LogP contribution in [0.1, 0.15) is 13.8 Å². The van der Waals surface area contributed by atoms with Crippen LogP contribution >= 0.6 is 11.8 Å². The first kappa shape index (κ1) is 17.1. The number of amidine groups is 1. The Morgan fingerprint density at radius 3 is 2.83 bits per heavy atom. The molecule has 0 radical (unpaired) electrons. The highest BCUT2D eigenvalue weighted by Gasteiger charge is 2.29. The predicted molar refractivity (Wildman–Crippen MR) is 96.0 cm³/mol. The van der Waals surface area contributed by atoms with Crippen molar-refractivity contribution < 1.29 is 9.53 Å². The van der Waals surface area contributed by atoms with Crippen molar-refractivity contribution in [3.8, 4) is 0 Å². The smallest absolute Gasteiger partial charge is 0.212 e. The van der Waals surface area contributed by atoms with E-state index in [2.05, 4.69) is 5.10 Å². The maximum absolute atomic E-state index is 12.3. The van der Waals surface area contributed by atoms with Crippen molar-refractivity contribution in [2.75, 3.05) is 17.4 Å². The van der Waals surface area contributed by atoms with E-state index in [1.165, 1.54) is 11.8 Å². The standard InChI is InChI=1S/C17H21N3O2S/c1-3-5-11-23-17(21)14-12-15(22-4-2)20(19-16(14)18)13-9-7-6-8-10-13/h3,5-10,12,14H,4,11H2,1-2H3,(H2,18,19). The number of carbonyl (C=O) groups is 1. The summed E-state index contributed by atoms with van der Waals surface area (Å²) in [5.41, 5.74) is 6.86. The molecule has 1 aromatic rings. The molecule has 2 rings (SSSR count). The number of carbonyl (C=O) groups excluding carboxylic acids is 1. The van der Waals surface area contributed by atoms with Crippen LogP contribution in [0.4, 0.5) is 5.69 Å². The van der Waals surface area contributed by atoms with Gasteiger partial charge in [0.15, 0.2) is 0 Å². The van der Waals surface area contributed by atoms with Gasteiger partial charge in [0.1, 0.15) is 11.8 Å². The number of nitrogens with zero attached hydrogens (tertiary/aromatic N) is 2. The van der Waals surface area contributed by atoms with Gasteiger partial charge in [0.25, 0.3) is 0 Å². The van der Waals surface area contributed by atoms with Crippen LogP contribution in [-0.4, -0.2) is 23.3 Å². The number of hydrogen-bond donors (Lipinski definition) is 1. The molecule has 0 aliphatic carbocycles. The predicted octanol–water partition coefficient (Wildman–Crippen LogP) is 3.11. The number of para-hydroxylation sites is 1. The van der Waals surface area contributed by atoms with E-state index >= 15 is 0 Å². The first-order valence-corrected chi connectivity index (χ1v) is 8.47. The first-order valence-electron chi connectivity index (χ1n) is 7.49. The maximum atomic E-state index is 12.3. The number of benzene rings is 1. The third-order valence-electron chi connectivity index (χ3n) is 3.16. The number of nitrogens with two attached hydrogens (primary N) is 1. The minimum atomic E-state index is -0.563. The molecule has 122 valence electrons. The fourth-order valence-corrected chi connectivity index (χ4v) is 2.86. The normalized spacial score (nSPS) is 17.8. The van der Waals surface area contributed by atoms with Crippen molar-refractivity contribution in [2.45, 2.75) is 13.8 Å². The van der Waals surface area contributed by atoms with Gasteiger partial charge in [-0.3, -0.25) is 4.79 Å². The molecule has 6 heteroatoms. The third kappa shape index (κ3) is 4.39. The van der Waals surface area contributed by atoms with Crippen LogP contribution in [0.2, 0.25) is 0 Å². The summed E-state index contributed by atoms with van der Waals surface area (Å²) in [4.78, 5) is 12.3. The largest absolute Gasteiger partial charge is 0.478 e. The molecule has 1 heterocycles. The monoisotopic (exact) mass is 331 g/mol. The van der Waals surface area contributed by atoms with Crippen molar-refractivity contribution in [1.82, 2.24) is 0 Å². The van der Waals surface area contributed by atoms with Gasteiger partial charge < -0.3 is 10.5 Å². The summed E-state index contributed by atoms with van der Waals surface area (Å²) in [5, 5.41) is 5.96. The lowest BCUT2D eigenvalue weighted by Crippen LogP contribution is -2.37. The lowest BCUT2D eigenvalue weighted by Gasteiger charge is -2.28. The maximum Gasteiger partial charge on any atom is 0.212 e. The highest BCUT2D eigenvalue weighted by molar-refractivity contribution is 8.13. The fourth-order valence-electron chi connectivity index (χ4n) is 2.04. The molecule has 1 aliphatic rings. The Morgan fingerprint density at radius 1 is 1.43 bits per heavy atom. The highest BCUT2D eigenvalue weighted by Crippen LogP contribution is 2.27. The molecule has 23 heavy (non-hydrogen) atoms. The van der Waals surface area contributed by atoms with E-state index in [9.17, 15) is 4.79 Å².